The number of rotatable bonds is 8. The Labute approximate surface area is 130 Å². The summed E-state index contributed by atoms with van der Waals surface area (Å²) in [5.41, 5.74) is -0.443. The molecule has 0 saturated carbocycles. The molecule has 7 nitrogen and oxygen atoms in total. The van der Waals surface area contributed by atoms with E-state index in [1.165, 1.54) is 13.2 Å². The number of carbonyl (C=O) groups is 1. The van der Waals surface area contributed by atoms with E-state index in [-0.39, 0.29) is 12.4 Å². The summed E-state index contributed by atoms with van der Waals surface area (Å²) in [5, 5.41) is 4.07. The second-order valence-electron chi connectivity index (χ2n) is 5.80. The first-order chi connectivity index (χ1) is 10.3. The first kappa shape index (κ1) is 18.0. The van der Waals surface area contributed by atoms with E-state index in [1.807, 2.05) is 27.7 Å². The summed E-state index contributed by atoms with van der Waals surface area (Å²) in [6, 6.07) is 1.29. The van der Waals surface area contributed by atoms with E-state index in [9.17, 15) is 9.59 Å². The SMILES string of the molecule is COC(=O)Cn1nc(OCC(C)C)c(OCC(C)C)cc1=O. The standard InChI is InChI=1S/C15H24N2O5/c1-10(2)8-21-12-6-13(18)17(7-14(19)20-5)16-15(12)22-9-11(3)4/h6,10-11H,7-9H2,1-5H3. The lowest BCUT2D eigenvalue weighted by Crippen LogP contribution is -2.28. The molecule has 0 saturated heterocycles. The van der Waals surface area contributed by atoms with E-state index in [1.54, 1.807) is 0 Å². The van der Waals surface area contributed by atoms with Crippen LogP contribution in [0.15, 0.2) is 10.9 Å². The van der Waals surface area contributed by atoms with Crippen LogP contribution in [0.4, 0.5) is 0 Å². The Kier molecular flexibility index (Phi) is 6.88. The number of carbonyl (C=O) groups excluding carboxylic acids is 1. The number of methoxy groups -OCH3 is 1. The molecule has 0 aromatic carbocycles. The van der Waals surface area contributed by atoms with Crippen molar-refractivity contribution in [2.24, 2.45) is 11.8 Å². The molecule has 0 aliphatic heterocycles. The lowest BCUT2D eigenvalue weighted by Gasteiger charge is -2.15. The molecule has 0 bridgehead atoms. The van der Waals surface area contributed by atoms with E-state index in [0.29, 0.717) is 30.8 Å². The van der Waals surface area contributed by atoms with E-state index >= 15 is 0 Å². The van der Waals surface area contributed by atoms with Gasteiger partial charge in [-0.3, -0.25) is 9.59 Å². The Morgan fingerprint density at radius 3 is 2.32 bits per heavy atom. The highest BCUT2D eigenvalue weighted by atomic mass is 16.5. The topological polar surface area (TPSA) is 79.7 Å². The van der Waals surface area contributed by atoms with Crippen LogP contribution >= 0.6 is 0 Å². The Morgan fingerprint density at radius 2 is 1.77 bits per heavy atom. The third-order valence-electron chi connectivity index (χ3n) is 2.56. The molecular formula is C15H24N2O5. The molecule has 7 heteroatoms. The number of hydrogen-bond acceptors (Lipinski definition) is 6. The first-order valence-electron chi connectivity index (χ1n) is 7.28. The Bertz CT molecular complexity index is 551. The highest BCUT2D eigenvalue weighted by Crippen LogP contribution is 2.23. The lowest BCUT2D eigenvalue weighted by molar-refractivity contribution is -0.141. The quantitative estimate of drug-likeness (QED) is 0.677. The zero-order valence-electron chi connectivity index (χ0n) is 13.8. The molecule has 1 heterocycles. The van der Waals surface area contributed by atoms with Gasteiger partial charge in [0.15, 0.2) is 5.75 Å². The number of hydrogen-bond donors (Lipinski definition) is 0. The largest absolute Gasteiger partial charge is 0.488 e. The van der Waals surface area contributed by atoms with Gasteiger partial charge in [-0.2, -0.15) is 0 Å². The molecule has 124 valence electrons. The Balaban J connectivity index is 3.05. The summed E-state index contributed by atoms with van der Waals surface area (Å²) >= 11 is 0. The van der Waals surface area contributed by atoms with Crippen LogP contribution in [0.2, 0.25) is 0 Å². The average Bonchev–Trinajstić information content (AvgIpc) is 2.45. The van der Waals surface area contributed by atoms with Gasteiger partial charge in [0.25, 0.3) is 11.4 Å². The van der Waals surface area contributed by atoms with Gasteiger partial charge >= 0.3 is 5.97 Å². The molecule has 0 atom stereocenters. The average molecular weight is 312 g/mol. The molecule has 1 aromatic heterocycles. The Hall–Kier alpha value is -2.05. The van der Waals surface area contributed by atoms with Crippen molar-refractivity contribution in [2.75, 3.05) is 20.3 Å². The number of esters is 1. The predicted octanol–water partition coefficient (Wildman–Crippen LogP) is 1.49. The summed E-state index contributed by atoms with van der Waals surface area (Å²) in [6.45, 7) is 8.61. The first-order valence-corrected chi connectivity index (χ1v) is 7.28. The molecule has 0 fully saturated rings. The predicted molar refractivity (Wildman–Crippen MR) is 81.2 cm³/mol. The third kappa shape index (κ3) is 5.75. The van der Waals surface area contributed by atoms with Gasteiger partial charge < -0.3 is 14.2 Å². The monoisotopic (exact) mass is 312 g/mol. The van der Waals surface area contributed by atoms with Gasteiger partial charge in [0.1, 0.15) is 6.54 Å². The zero-order valence-corrected chi connectivity index (χ0v) is 13.8. The van der Waals surface area contributed by atoms with Crippen LogP contribution in [0.25, 0.3) is 0 Å². The fourth-order valence-corrected chi connectivity index (χ4v) is 1.46. The van der Waals surface area contributed by atoms with E-state index < -0.39 is 11.5 Å². The van der Waals surface area contributed by atoms with Crippen molar-refractivity contribution in [3.8, 4) is 11.6 Å². The highest BCUT2D eigenvalue weighted by molar-refractivity contribution is 5.68. The second-order valence-corrected chi connectivity index (χ2v) is 5.80. The van der Waals surface area contributed by atoms with Crippen LogP contribution in [0.1, 0.15) is 27.7 Å². The molecule has 0 spiro atoms. The van der Waals surface area contributed by atoms with Gasteiger partial charge in [0.05, 0.1) is 26.4 Å². The van der Waals surface area contributed by atoms with Crippen LogP contribution < -0.4 is 15.0 Å². The summed E-state index contributed by atoms with van der Waals surface area (Å²) in [4.78, 5) is 23.3. The lowest BCUT2D eigenvalue weighted by atomic mass is 10.2. The van der Waals surface area contributed by atoms with Crippen LogP contribution in [0.5, 0.6) is 11.6 Å². The summed E-state index contributed by atoms with van der Waals surface area (Å²) < 4.78 is 16.7. The van der Waals surface area contributed by atoms with Gasteiger partial charge in [-0.25, -0.2) is 4.68 Å². The van der Waals surface area contributed by atoms with Gasteiger partial charge in [-0.05, 0) is 11.8 Å². The van der Waals surface area contributed by atoms with E-state index in [0.717, 1.165) is 4.68 Å². The maximum Gasteiger partial charge on any atom is 0.327 e. The van der Waals surface area contributed by atoms with Crippen LogP contribution in [-0.4, -0.2) is 36.1 Å². The number of ether oxygens (including phenoxy) is 3. The maximum absolute atomic E-state index is 12.0. The minimum absolute atomic E-state index is 0.206. The van der Waals surface area contributed by atoms with Crippen LogP contribution in [-0.2, 0) is 16.1 Å². The maximum atomic E-state index is 12.0. The van der Waals surface area contributed by atoms with Gasteiger partial charge in [0, 0.05) is 0 Å². The number of nitrogens with zero attached hydrogens (tertiary/aromatic N) is 2. The molecule has 0 unspecified atom stereocenters. The van der Waals surface area contributed by atoms with Gasteiger partial charge in [-0.1, -0.05) is 27.7 Å². The number of aromatic nitrogens is 2. The summed E-state index contributed by atoms with van der Waals surface area (Å²) in [6.07, 6.45) is 0. The summed E-state index contributed by atoms with van der Waals surface area (Å²) in [7, 11) is 1.25. The molecule has 0 N–H and O–H groups in total. The molecule has 0 radical (unpaired) electrons. The second kappa shape index (κ2) is 8.41. The molecule has 1 aromatic rings. The van der Waals surface area contributed by atoms with Crippen LogP contribution in [0.3, 0.4) is 0 Å². The van der Waals surface area contributed by atoms with Crippen molar-refractivity contribution < 1.29 is 19.0 Å². The van der Waals surface area contributed by atoms with Crippen molar-refractivity contribution in [3.05, 3.63) is 16.4 Å². The molecule has 1 rings (SSSR count). The molecule has 22 heavy (non-hydrogen) atoms. The fourth-order valence-electron chi connectivity index (χ4n) is 1.46. The van der Waals surface area contributed by atoms with Crippen molar-refractivity contribution in [3.63, 3.8) is 0 Å². The summed E-state index contributed by atoms with van der Waals surface area (Å²) in [5.74, 6) is 0.537. The van der Waals surface area contributed by atoms with E-state index in [4.69, 9.17) is 9.47 Å². The molecular weight excluding hydrogens is 288 g/mol. The minimum atomic E-state index is -0.555. The van der Waals surface area contributed by atoms with Crippen molar-refractivity contribution >= 4 is 5.97 Å². The van der Waals surface area contributed by atoms with Crippen LogP contribution in [0, 0.1) is 11.8 Å². The minimum Gasteiger partial charge on any atom is -0.488 e. The van der Waals surface area contributed by atoms with Gasteiger partial charge in [-0.15, -0.1) is 5.10 Å². The fraction of sp³-hybridized carbons (Fsp3) is 0.667. The van der Waals surface area contributed by atoms with Gasteiger partial charge in [0.2, 0.25) is 0 Å². The van der Waals surface area contributed by atoms with E-state index in [2.05, 4.69) is 9.84 Å². The Morgan fingerprint density at radius 1 is 1.18 bits per heavy atom. The molecule has 0 amide bonds. The van der Waals surface area contributed by atoms with Crippen molar-refractivity contribution in [1.82, 2.24) is 9.78 Å². The smallest absolute Gasteiger partial charge is 0.327 e. The molecule has 0 aliphatic rings. The highest BCUT2D eigenvalue weighted by Gasteiger charge is 2.15. The zero-order chi connectivity index (χ0) is 16.7. The van der Waals surface area contributed by atoms with Crippen molar-refractivity contribution in [1.29, 1.82) is 0 Å². The normalized spacial score (nSPS) is 10.9. The van der Waals surface area contributed by atoms with Crippen molar-refractivity contribution in [2.45, 2.75) is 34.2 Å². The third-order valence-corrected chi connectivity index (χ3v) is 2.56. The molecule has 0 aliphatic carbocycles.